The van der Waals surface area contributed by atoms with Crippen molar-refractivity contribution in [3.8, 4) is 0 Å². The number of nitrogen functional groups attached to an aromatic ring is 1. The van der Waals surface area contributed by atoms with Gasteiger partial charge in [-0.05, 0) is 24.3 Å². The van der Waals surface area contributed by atoms with Crippen molar-refractivity contribution in [1.29, 1.82) is 0 Å². The molecule has 0 fully saturated rings. The topological polar surface area (TPSA) is 95.7 Å². The van der Waals surface area contributed by atoms with Gasteiger partial charge in [-0.2, -0.15) is 15.1 Å². The SMILES string of the molecule is CN(C)c1ccc(Nc2nc(N)nc3[nH]ncc23)cc1. The van der Waals surface area contributed by atoms with Crippen LogP contribution in [0, 0.1) is 0 Å². The Morgan fingerprint density at radius 2 is 1.90 bits per heavy atom. The maximum atomic E-state index is 5.68. The van der Waals surface area contributed by atoms with Crippen LogP contribution in [0.25, 0.3) is 11.0 Å². The summed E-state index contributed by atoms with van der Waals surface area (Å²) in [5.41, 5.74) is 8.36. The molecule has 0 saturated carbocycles. The minimum absolute atomic E-state index is 0.203. The van der Waals surface area contributed by atoms with Gasteiger partial charge in [-0.3, -0.25) is 5.10 Å². The van der Waals surface area contributed by atoms with Crippen LogP contribution in [0.2, 0.25) is 0 Å². The molecule has 0 unspecified atom stereocenters. The normalized spacial score (nSPS) is 10.7. The number of H-pyrrole nitrogens is 1. The number of aromatic amines is 1. The number of hydrogen-bond donors (Lipinski definition) is 3. The van der Waals surface area contributed by atoms with E-state index in [1.165, 1.54) is 0 Å². The Kier molecular flexibility index (Phi) is 2.86. The van der Waals surface area contributed by atoms with Gasteiger partial charge in [0.05, 0.1) is 11.6 Å². The lowest BCUT2D eigenvalue weighted by Crippen LogP contribution is -2.08. The fourth-order valence-electron chi connectivity index (χ4n) is 1.93. The summed E-state index contributed by atoms with van der Waals surface area (Å²) in [4.78, 5) is 10.3. The third-order valence-corrected chi connectivity index (χ3v) is 2.97. The first-order valence-electron chi connectivity index (χ1n) is 6.14. The number of nitrogens with zero attached hydrogens (tertiary/aromatic N) is 4. The number of hydrogen-bond acceptors (Lipinski definition) is 6. The third-order valence-electron chi connectivity index (χ3n) is 2.97. The largest absolute Gasteiger partial charge is 0.378 e. The summed E-state index contributed by atoms with van der Waals surface area (Å²) < 4.78 is 0. The Morgan fingerprint density at radius 3 is 2.60 bits per heavy atom. The zero-order valence-corrected chi connectivity index (χ0v) is 11.3. The highest BCUT2D eigenvalue weighted by molar-refractivity contribution is 5.88. The fraction of sp³-hybridized carbons (Fsp3) is 0.154. The quantitative estimate of drug-likeness (QED) is 0.670. The van der Waals surface area contributed by atoms with Crippen LogP contribution in [-0.4, -0.2) is 34.3 Å². The zero-order valence-electron chi connectivity index (χ0n) is 11.3. The number of benzene rings is 1. The molecule has 0 spiro atoms. The first-order valence-corrected chi connectivity index (χ1v) is 6.14. The van der Waals surface area contributed by atoms with Gasteiger partial charge in [-0.1, -0.05) is 0 Å². The Morgan fingerprint density at radius 1 is 1.15 bits per heavy atom. The molecule has 3 rings (SSSR count). The molecule has 0 atom stereocenters. The van der Waals surface area contributed by atoms with Crippen LogP contribution in [0.3, 0.4) is 0 Å². The van der Waals surface area contributed by atoms with Crippen LogP contribution in [0.5, 0.6) is 0 Å². The molecule has 0 aliphatic heterocycles. The van der Waals surface area contributed by atoms with E-state index in [4.69, 9.17) is 5.73 Å². The highest BCUT2D eigenvalue weighted by Crippen LogP contribution is 2.24. The van der Waals surface area contributed by atoms with Gasteiger partial charge in [0.2, 0.25) is 5.95 Å². The van der Waals surface area contributed by atoms with Crippen LogP contribution in [0.4, 0.5) is 23.1 Å². The van der Waals surface area contributed by atoms with Crippen molar-refractivity contribution >= 4 is 34.2 Å². The Hall–Kier alpha value is -2.83. The average molecular weight is 269 g/mol. The highest BCUT2D eigenvalue weighted by Gasteiger charge is 2.08. The average Bonchev–Trinajstić information content (AvgIpc) is 2.87. The van der Waals surface area contributed by atoms with Gasteiger partial charge < -0.3 is 16.0 Å². The maximum Gasteiger partial charge on any atom is 0.224 e. The van der Waals surface area contributed by atoms with E-state index in [0.717, 1.165) is 16.8 Å². The van der Waals surface area contributed by atoms with Crippen molar-refractivity contribution in [1.82, 2.24) is 20.2 Å². The summed E-state index contributed by atoms with van der Waals surface area (Å²) in [6.45, 7) is 0. The van der Waals surface area contributed by atoms with E-state index >= 15 is 0 Å². The molecule has 3 aromatic rings. The smallest absolute Gasteiger partial charge is 0.224 e. The van der Waals surface area contributed by atoms with Gasteiger partial charge in [0.25, 0.3) is 0 Å². The predicted molar refractivity (Wildman–Crippen MR) is 80.1 cm³/mol. The molecule has 20 heavy (non-hydrogen) atoms. The van der Waals surface area contributed by atoms with E-state index < -0.39 is 0 Å². The zero-order chi connectivity index (χ0) is 14.1. The van der Waals surface area contributed by atoms with Gasteiger partial charge in [-0.25, -0.2) is 0 Å². The molecule has 7 heteroatoms. The van der Waals surface area contributed by atoms with Crippen LogP contribution in [0.15, 0.2) is 30.5 Å². The van der Waals surface area contributed by atoms with E-state index in [-0.39, 0.29) is 5.95 Å². The number of rotatable bonds is 3. The molecule has 2 heterocycles. The first kappa shape index (κ1) is 12.2. The van der Waals surface area contributed by atoms with Crippen molar-refractivity contribution in [2.24, 2.45) is 0 Å². The standard InChI is InChI=1S/C13H15N7/c1-20(2)9-5-3-8(4-6-9)16-11-10-7-15-19-12(10)18-13(14)17-11/h3-7H,1-2H3,(H4,14,15,16,17,18,19). The molecule has 0 saturated heterocycles. The van der Waals surface area contributed by atoms with Crippen molar-refractivity contribution in [3.05, 3.63) is 30.5 Å². The second kappa shape index (κ2) is 4.69. The summed E-state index contributed by atoms with van der Waals surface area (Å²) in [6, 6.07) is 8.03. The molecule has 4 N–H and O–H groups in total. The molecule has 2 aromatic heterocycles. The van der Waals surface area contributed by atoms with E-state index in [0.29, 0.717) is 11.5 Å². The molecular formula is C13H15N7. The van der Waals surface area contributed by atoms with E-state index in [2.05, 4.69) is 25.5 Å². The van der Waals surface area contributed by atoms with Crippen molar-refractivity contribution < 1.29 is 0 Å². The van der Waals surface area contributed by atoms with Crippen LogP contribution in [-0.2, 0) is 0 Å². The van der Waals surface area contributed by atoms with Gasteiger partial charge in [0, 0.05) is 25.5 Å². The van der Waals surface area contributed by atoms with Crippen LogP contribution >= 0.6 is 0 Å². The monoisotopic (exact) mass is 269 g/mol. The van der Waals surface area contributed by atoms with E-state index in [9.17, 15) is 0 Å². The summed E-state index contributed by atoms with van der Waals surface area (Å²) in [5, 5.41) is 10.8. The lowest BCUT2D eigenvalue weighted by Gasteiger charge is -2.13. The van der Waals surface area contributed by atoms with Gasteiger partial charge >= 0.3 is 0 Å². The van der Waals surface area contributed by atoms with Crippen LogP contribution in [0.1, 0.15) is 0 Å². The molecule has 0 amide bonds. The number of fused-ring (bicyclic) bond motifs is 1. The third kappa shape index (κ3) is 2.20. The van der Waals surface area contributed by atoms with E-state index in [1.807, 2.05) is 43.3 Å². The summed E-state index contributed by atoms with van der Waals surface area (Å²) in [6.07, 6.45) is 1.67. The minimum Gasteiger partial charge on any atom is -0.378 e. The van der Waals surface area contributed by atoms with Gasteiger partial charge in [0.1, 0.15) is 5.82 Å². The number of aromatic nitrogens is 4. The fourth-order valence-corrected chi connectivity index (χ4v) is 1.93. The summed E-state index contributed by atoms with van der Waals surface area (Å²) in [5.74, 6) is 0.841. The molecule has 0 bridgehead atoms. The lowest BCUT2D eigenvalue weighted by molar-refractivity contribution is 1.09. The van der Waals surface area contributed by atoms with Crippen molar-refractivity contribution in [2.45, 2.75) is 0 Å². The van der Waals surface area contributed by atoms with E-state index in [1.54, 1.807) is 6.20 Å². The maximum absolute atomic E-state index is 5.68. The van der Waals surface area contributed by atoms with Gasteiger partial charge in [-0.15, -0.1) is 0 Å². The molecule has 0 aliphatic rings. The molecular weight excluding hydrogens is 254 g/mol. The molecule has 7 nitrogen and oxygen atoms in total. The van der Waals surface area contributed by atoms with Crippen molar-refractivity contribution in [2.75, 3.05) is 30.0 Å². The highest BCUT2D eigenvalue weighted by atomic mass is 15.2. The summed E-state index contributed by atoms with van der Waals surface area (Å²) in [7, 11) is 4.01. The number of anilines is 4. The minimum atomic E-state index is 0.203. The van der Waals surface area contributed by atoms with Crippen LogP contribution < -0.4 is 16.0 Å². The second-order valence-electron chi connectivity index (χ2n) is 4.63. The van der Waals surface area contributed by atoms with Crippen molar-refractivity contribution in [3.63, 3.8) is 0 Å². The number of nitrogens with two attached hydrogens (primary N) is 1. The Bertz CT molecular complexity index is 730. The number of nitrogens with one attached hydrogen (secondary N) is 2. The predicted octanol–water partition coefficient (Wildman–Crippen LogP) is 1.74. The second-order valence-corrected chi connectivity index (χ2v) is 4.63. The molecule has 0 radical (unpaired) electrons. The lowest BCUT2D eigenvalue weighted by atomic mass is 10.2. The Balaban J connectivity index is 1.94. The molecule has 102 valence electrons. The van der Waals surface area contributed by atoms with Gasteiger partial charge in [0.15, 0.2) is 5.65 Å². The summed E-state index contributed by atoms with van der Waals surface area (Å²) >= 11 is 0. The molecule has 0 aliphatic carbocycles. The molecule has 1 aromatic carbocycles. The Labute approximate surface area is 115 Å². The first-order chi connectivity index (χ1) is 9.63.